The summed E-state index contributed by atoms with van der Waals surface area (Å²) in [5.74, 6) is -2.15. The van der Waals surface area contributed by atoms with E-state index in [0.717, 1.165) is 0 Å². The van der Waals surface area contributed by atoms with Crippen molar-refractivity contribution in [2.45, 2.75) is 30.9 Å². The minimum absolute atomic E-state index is 0.179. The van der Waals surface area contributed by atoms with Gasteiger partial charge in [0.2, 0.25) is 15.9 Å². The summed E-state index contributed by atoms with van der Waals surface area (Å²) >= 11 is 0. The number of nitrogens with zero attached hydrogens (tertiary/aromatic N) is 2. The van der Waals surface area contributed by atoms with Gasteiger partial charge in [0.15, 0.2) is 0 Å². The summed E-state index contributed by atoms with van der Waals surface area (Å²) in [5, 5.41) is 8.24. The third-order valence-corrected chi connectivity index (χ3v) is 6.51. The zero-order valence-corrected chi connectivity index (χ0v) is 12.3. The number of rotatable bonds is 3. The fourth-order valence-electron chi connectivity index (χ4n) is 2.93. The molecule has 1 saturated carbocycles. The summed E-state index contributed by atoms with van der Waals surface area (Å²) in [7, 11) is -2.08. The van der Waals surface area contributed by atoms with Gasteiger partial charge in [-0.1, -0.05) is 6.42 Å². The molecule has 2 fully saturated rings. The first-order valence-electron chi connectivity index (χ1n) is 6.80. The summed E-state index contributed by atoms with van der Waals surface area (Å²) in [6.45, 7) is 0.626. The predicted molar refractivity (Wildman–Crippen MR) is 71.5 cm³/mol. The number of carboxylic acid groups (broad SMARTS) is 1. The highest BCUT2D eigenvalue weighted by Gasteiger charge is 2.45. The molecular weight excluding hydrogens is 284 g/mol. The van der Waals surface area contributed by atoms with E-state index in [0.29, 0.717) is 32.2 Å². The van der Waals surface area contributed by atoms with Crippen molar-refractivity contribution < 1.29 is 23.1 Å². The Kier molecular flexibility index (Phi) is 4.33. The van der Waals surface area contributed by atoms with E-state index in [1.807, 2.05) is 0 Å². The lowest BCUT2D eigenvalue weighted by Crippen LogP contribution is -2.45. The molecular formula is C12H20N2O5S. The second kappa shape index (κ2) is 5.69. The van der Waals surface area contributed by atoms with E-state index in [2.05, 4.69) is 0 Å². The average Bonchev–Trinajstić information content (AvgIpc) is 2.80. The van der Waals surface area contributed by atoms with Crippen LogP contribution in [0, 0.1) is 5.92 Å². The lowest BCUT2D eigenvalue weighted by atomic mass is 10.1. The molecule has 0 aromatic heterocycles. The molecule has 1 aliphatic carbocycles. The molecule has 0 radical (unpaired) electrons. The molecule has 2 aliphatic rings. The van der Waals surface area contributed by atoms with Crippen LogP contribution >= 0.6 is 0 Å². The van der Waals surface area contributed by atoms with Gasteiger partial charge in [-0.3, -0.25) is 9.59 Å². The molecule has 0 aromatic rings. The Labute approximate surface area is 118 Å². The number of carbonyl (C=O) groups excluding carboxylic acids is 1. The molecule has 2 unspecified atom stereocenters. The molecule has 8 heteroatoms. The molecule has 7 nitrogen and oxygen atoms in total. The van der Waals surface area contributed by atoms with Crippen LogP contribution in [0.4, 0.5) is 0 Å². The lowest BCUT2D eigenvalue weighted by Gasteiger charge is -2.25. The Balaban J connectivity index is 2.21. The van der Waals surface area contributed by atoms with Crippen molar-refractivity contribution in [2.24, 2.45) is 5.92 Å². The van der Waals surface area contributed by atoms with Crippen LogP contribution in [0.1, 0.15) is 25.7 Å². The Bertz CT molecular complexity index is 504. The van der Waals surface area contributed by atoms with Crippen LogP contribution in [-0.4, -0.2) is 66.5 Å². The first kappa shape index (κ1) is 15.2. The van der Waals surface area contributed by atoms with Crippen LogP contribution in [0.5, 0.6) is 0 Å². The number of carbonyl (C=O) groups is 2. The molecule has 1 saturated heterocycles. The molecule has 1 heterocycles. The second-order valence-electron chi connectivity index (χ2n) is 5.46. The zero-order chi connectivity index (χ0) is 14.9. The topological polar surface area (TPSA) is 95.0 Å². The second-order valence-corrected chi connectivity index (χ2v) is 7.61. The molecule has 0 aromatic carbocycles. The van der Waals surface area contributed by atoms with Crippen LogP contribution in [0.3, 0.4) is 0 Å². The molecule has 2 rings (SSSR count). The summed E-state index contributed by atoms with van der Waals surface area (Å²) < 4.78 is 26.4. The van der Waals surface area contributed by atoms with Crippen LogP contribution in [-0.2, 0) is 19.6 Å². The Morgan fingerprint density at radius 2 is 1.95 bits per heavy atom. The lowest BCUT2D eigenvalue weighted by molar-refractivity contribution is -0.141. The fourth-order valence-corrected chi connectivity index (χ4v) is 5.12. The molecule has 2 atom stereocenters. The van der Waals surface area contributed by atoms with Crippen molar-refractivity contribution in [3.05, 3.63) is 0 Å². The average molecular weight is 304 g/mol. The predicted octanol–water partition coefficient (Wildman–Crippen LogP) is -0.266. The maximum atomic E-state index is 12.6. The van der Waals surface area contributed by atoms with Crippen molar-refractivity contribution >= 4 is 21.9 Å². The van der Waals surface area contributed by atoms with Crippen LogP contribution < -0.4 is 0 Å². The van der Waals surface area contributed by atoms with E-state index < -0.39 is 27.2 Å². The maximum Gasteiger partial charge on any atom is 0.307 e. The van der Waals surface area contributed by atoms with E-state index in [9.17, 15) is 18.0 Å². The van der Waals surface area contributed by atoms with Gasteiger partial charge in [-0.05, 0) is 19.3 Å². The maximum absolute atomic E-state index is 12.6. The summed E-state index contributed by atoms with van der Waals surface area (Å²) in [6.07, 6.45) is 1.93. The van der Waals surface area contributed by atoms with Gasteiger partial charge in [0.1, 0.15) is 0 Å². The third kappa shape index (κ3) is 2.80. The first-order chi connectivity index (χ1) is 9.34. The van der Waals surface area contributed by atoms with E-state index in [1.54, 1.807) is 7.05 Å². The van der Waals surface area contributed by atoms with E-state index >= 15 is 0 Å². The Morgan fingerprint density at radius 3 is 2.60 bits per heavy atom. The van der Waals surface area contributed by atoms with E-state index in [1.165, 1.54) is 9.21 Å². The minimum atomic E-state index is -3.73. The molecule has 20 heavy (non-hydrogen) atoms. The van der Waals surface area contributed by atoms with Gasteiger partial charge < -0.3 is 10.0 Å². The van der Waals surface area contributed by atoms with Crippen LogP contribution in [0.25, 0.3) is 0 Å². The van der Waals surface area contributed by atoms with Crippen molar-refractivity contribution in [3.63, 3.8) is 0 Å². The zero-order valence-electron chi connectivity index (χ0n) is 11.5. The van der Waals surface area contributed by atoms with Crippen molar-refractivity contribution in [1.82, 2.24) is 9.21 Å². The SMILES string of the molecule is CN1CCCN(S(=O)(=O)C2CCCC2C(=O)O)CC1=O. The van der Waals surface area contributed by atoms with Gasteiger partial charge in [-0.25, -0.2) is 8.42 Å². The molecule has 0 spiro atoms. The Hall–Kier alpha value is -1.15. The number of likely N-dealkylation sites (N-methyl/N-ethyl adjacent to an activating group) is 1. The van der Waals surface area contributed by atoms with E-state index in [-0.39, 0.29) is 19.0 Å². The van der Waals surface area contributed by atoms with Gasteiger partial charge in [-0.2, -0.15) is 4.31 Å². The number of hydrogen-bond acceptors (Lipinski definition) is 4. The van der Waals surface area contributed by atoms with Crippen molar-refractivity contribution in [3.8, 4) is 0 Å². The highest BCUT2D eigenvalue weighted by Crippen LogP contribution is 2.33. The quantitative estimate of drug-likeness (QED) is 0.774. The standard InChI is InChI=1S/C12H20N2O5S/c1-13-6-3-7-14(8-11(13)15)20(18,19)10-5-2-4-9(10)12(16)17/h9-10H,2-8H2,1H3,(H,16,17). The highest BCUT2D eigenvalue weighted by atomic mass is 32.2. The fraction of sp³-hybridized carbons (Fsp3) is 0.833. The van der Waals surface area contributed by atoms with Gasteiger partial charge in [0.25, 0.3) is 0 Å². The minimum Gasteiger partial charge on any atom is -0.481 e. The van der Waals surface area contributed by atoms with Crippen LogP contribution in [0.15, 0.2) is 0 Å². The van der Waals surface area contributed by atoms with Gasteiger partial charge in [-0.15, -0.1) is 0 Å². The summed E-state index contributed by atoms with van der Waals surface area (Å²) in [6, 6.07) is 0. The summed E-state index contributed by atoms with van der Waals surface area (Å²) in [4.78, 5) is 24.5. The number of aliphatic carboxylic acids is 1. The largest absolute Gasteiger partial charge is 0.481 e. The third-order valence-electron chi connectivity index (χ3n) is 4.15. The van der Waals surface area contributed by atoms with Gasteiger partial charge >= 0.3 is 5.97 Å². The van der Waals surface area contributed by atoms with Crippen molar-refractivity contribution in [2.75, 3.05) is 26.7 Å². The number of hydrogen-bond donors (Lipinski definition) is 1. The van der Waals surface area contributed by atoms with Gasteiger partial charge in [0, 0.05) is 20.1 Å². The molecule has 114 valence electrons. The Morgan fingerprint density at radius 1 is 1.25 bits per heavy atom. The summed E-state index contributed by atoms with van der Waals surface area (Å²) in [5.41, 5.74) is 0. The molecule has 0 bridgehead atoms. The number of sulfonamides is 1. The van der Waals surface area contributed by atoms with Crippen molar-refractivity contribution in [1.29, 1.82) is 0 Å². The monoisotopic (exact) mass is 304 g/mol. The molecule has 1 N–H and O–H groups in total. The highest BCUT2D eigenvalue weighted by molar-refractivity contribution is 7.89. The smallest absolute Gasteiger partial charge is 0.307 e. The van der Waals surface area contributed by atoms with Crippen LogP contribution in [0.2, 0.25) is 0 Å². The first-order valence-corrected chi connectivity index (χ1v) is 8.30. The number of carboxylic acids is 1. The molecule has 1 amide bonds. The number of amides is 1. The normalized spacial score (nSPS) is 29.4. The van der Waals surface area contributed by atoms with Gasteiger partial charge in [0.05, 0.1) is 17.7 Å². The molecule has 1 aliphatic heterocycles. The van der Waals surface area contributed by atoms with E-state index in [4.69, 9.17) is 5.11 Å².